The summed E-state index contributed by atoms with van der Waals surface area (Å²) in [4.78, 5) is 15.5. The summed E-state index contributed by atoms with van der Waals surface area (Å²) in [6.45, 7) is 1.96. The molecule has 6 heteroatoms. The summed E-state index contributed by atoms with van der Waals surface area (Å²) in [7, 11) is 0. The van der Waals surface area contributed by atoms with E-state index >= 15 is 4.39 Å². The van der Waals surface area contributed by atoms with Gasteiger partial charge in [0.25, 0.3) is 5.89 Å². The minimum absolute atomic E-state index is 0.178. The molecule has 36 heavy (non-hydrogen) atoms. The van der Waals surface area contributed by atoms with Crippen LogP contribution in [0.25, 0.3) is 34.0 Å². The first-order valence-electron chi connectivity index (χ1n) is 12.6. The maximum atomic E-state index is 15.1. The van der Waals surface area contributed by atoms with Gasteiger partial charge in [0.05, 0.1) is 5.56 Å². The Labute approximate surface area is 209 Å². The van der Waals surface area contributed by atoms with E-state index in [0.29, 0.717) is 23.5 Å². The van der Waals surface area contributed by atoms with E-state index < -0.39 is 0 Å². The first-order chi connectivity index (χ1) is 17.6. The second-order valence-corrected chi connectivity index (χ2v) is 10.0. The monoisotopic (exact) mass is 481 g/mol. The Morgan fingerprint density at radius 2 is 1.86 bits per heavy atom. The van der Waals surface area contributed by atoms with Crippen molar-refractivity contribution in [3.05, 3.63) is 83.2 Å². The van der Waals surface area contributed by atoms with Crippen molar-refractivity contribution in [3.8, 4) is 34.0 Å². The van der Waals surface area contributed by atoms with Gasteiger partial charge >= 0.3 is 0 Å². The summed E-state index contributed by atoms with van der Waals surface area (Å²) in [5, 5.41) is 7.91. The molecule has 0 bridgehead atoms. The summed E-state index contributed by atoms with van der Waals surface area (Å²) in [6.07, 6.45) is 6.14. The van der Waals surface area contributed by atoms with E-state index in [-0.39, 0.29) is 17.6 Å². The van der Waals surface area contributed by atoms with Gasteiger partial charge in [0.2, 0.25) is 5.82 Å². The molecule has 182 valence electrons. The molecule has 2 aliphatic carbocycles. The maximum absolute atomic E-state index is 15.1. The molecule has 6 rings (SSSR count). The van der Waals surface area contributed by atoms with Gasteiger partial charge in [-0.15, -0.1) is 0 Å². The van der Waals surface area contributed by atoms with Gasteiger partial charge in [0.1, 0.15) is 12.1 Å². The highest BCUT2D eigenvalue weighted by atomic mass is 19.1. The zero-order chi connectivity index (χ0) is 24.6. The van der Waals surface area contributed by atoms with E-state index in [4.69, 9.17) is 4.52 Å². The van der Waals surface area contributed by atoms with Crippen LogP contribution >= 0.6 is 0 Å². The van der Waals surface area contributed by atoms with Crippen LogP contribution in [-0.4, -0.2) is 22.5 Å². The summed E-state index contributed by atoms with van der Waals surface area (Å²) in [6, 6.07) is 20.1. The number of benzene rings is 3. The number of aldehydes is 1. The number of nitrogens with one attached hydrogen (secondary N) is 1. The van der Waals surface area contributed by atoms with Crippen LogP contribution in [0.1, 0.15) is 48.4 Å². The fraction of sp³-hybridized carbons (Fsp3) is 0.300. The molecule has 2 aliphatic rings. The van der Waals surface area contributed by atoms with Gasteiger partial charge in [-0.25, -0.2) is 4.39 Å². The van der Waals surface area contributed by atoms with Crippen molar-refractivity contribution in [1.82, 2.24) is 15.5 Å². The lowest BCUT2D eigenvalue weighted by molar-refractivity contribution is -0.113. The lowest BCUT2D eigenvalue weighted by Gasteiger charge is -2.37. The molecular weight excluding hydrogens is 453 g/mol. The number of halogens is 1. The number of carbonyl (C=O) groups excluding carboxylic acids is 1. The SMILES string of the molecule is Cc1cc(-c2nc(-c3ccc4c(c3)CCCC4N[C@H]3C[C@H](C=O)C3)no2)c(F)cc1-c1ccccc1. The van der Waals surface area contributed by atoms with Gasteiger partial charge in [-0.1, -0.05) is 47.6 Å². The smallest absolute Gasteiger partial charge is 0.261 e. The molecule has 0 amide bonds. The van der Waals surface area contributed by atoms with E-state index in [2.05, 4.69) is 27.6 Å². The van der Waals surface area contributed by atoms with Crippen LogP contribution < -0.4 is 5.32 Å². The van der Waals surface area contributed by atoms with Crippen molar-refractivity contribution in [1.29, 1.82) is 0 Å². The second kappa shape index (κ2) is 9.43. The molecule has 1 atom stereocenters. The number of hydrogen-bond acceptors (Lipinski definition) is 5. The Morgan fingerprint density at radius 1 is 1.03 bits per heavy atom. The highest BCUT2D eigenvalue weighted by Crippen LogP contribution is 2.36. The summed E-state index contributed by atoms with van der Waals surface area (Å²) in [5.74, 6) is 0.461. The van der Waals surface area contributed by atoms with Crippen LogP contribution in [0.4, 0.5) is 4.39 Å². The quantitative estimate of drug-likeness (QED) is 0.320. The lowest BCUT2D eigenvalue weighted by Crippen LogP contribution is -2.44. The first kappa shape index (κ1) is 22.8. The summed E-state index contributed by atoms with van der Waals surface area (Å²) >= 11 is 0. The molecule has 0 spiro atoms. The number of nitrogens with zero attached hydrogens (tertiary/aromatic N) is 2. The third-order valence-corrected chi connectivity index (χ3v) is 7.57. The van der Waals surface area contributed by atoms with Crippen molar-refractivity contribution >= 4 is 6.29 Å². The molecule has 1 heterocycles. The molecule has 1 saturated carbocycles. The molecule has 1 fully saturated rings. The predicted octanol–water partition coefficient (Wildman–Crippen LogP) is 6.46. The minimum Gasteiger partial charge on any atom is -0.334 e. The van der Waals surface area contributed by atoms with Crippen molar-refractivity contribution in [2.45, 2.75) is 51.1 Å². The fourth-order valence-corrected chi connectivity index (χ4v) is 5.54. The molecule has 4 aromatic rings. The highest BCUT2D eigenvalue weighted by molar-refractivity contribution is 5.72. The van der Waals surface area contributed by atoms with E-state index in [1.165, 1.54) is 17.2 Å². The number of aryl methyl sites for hydroxylation is 2. The molecule has 0 radical (unpaired) electrons. The number of rotatable bonds is 6. The van der Waals surface area contributed by atoms with Crippen LogP contribution in [0, 0.1) is 18.7 Å². The van der Waals surface area contributed by atoms with Gasteiger partial charge in [0, 0.05) is 23.6 Å². The molecule has 1 aromatic heterocycles. The van der Waals surface area contributed by atoms with Crippen LogP contribution in [0.5, 0.6) is 0 Å². The lowest BCUT2D eigenvalue weighted by atomic mass is 9.79. The Hall–Kier alpha value is -3.64. The minimum atomic E-state index is -0.387. The van der Waals surface area contributed by atoms with Crippen LogP contribution in [0.3, 0.4) is 0 Å². The van der Waals surface area contributed by atoms with Crippen LogP contribution in [0.2, 0.25) is 0 Å². The third-order valence-electron chi connectivity index (χ3n) is 7.57. The molecule has 0 aliphatic heterocycles. The Balaban J connectivity index is 1.24. The Bertz CT molecular complexity index is 1410. The maximum Gasteiger partial charge on any atom is 0.261 e. The average molecular weight is 482 g/mol. The van der Waals surface area contributed by atoms with E-state index in [1.54, 1.807) is 6.07 Å². The van der Waals surface area contributed by atoms with Crippen molar-refractivity contribution in [3.63, 3.8) is 0 Å². The number of fused-ring (bicyclic) bond motifs is 1. The van der Waals surface area contributed by atoms with Gasteiger partial charge in [-0.2, -0.15) is 4.98 Å². The summed E-state index contributed by atoms with van der Waals surface area (Å²) in [5.41, 5.74) is 6.52. The zero-order valence-electron chi connectivity index (χ0n) is 20.2. The van der Waals surface area contributed by atoms with E-state index in [9.17, 15) is 4.79 Å². The number of hydrogen-bond donors (Lipinski definition) is 1. The molecular formula is C30H28FN3O2. The van der Waals surface area contributed by atoms with Crippen molar-refractivity contribution < 1.29 is 13.7 Å². The van der Waals surface area contributed by atoms with E-state index in [0.717, 1.165) is 60.6 Å². The summed E-state index contributed by atoms with van der Waals surface area (Å²) < 4.78 is 20.6. The standard InChI is InChI=1S/C30H28FN3O2/c1-18-12-26(27(31)16-25(18)20-6-3-2-4-7-20)30-33-29(34-36-30)22-10-11-24-21(15-22)8-5-9-28(24)32-23-13-19(14-23)17-35/h2-4,6-7,10-12,15-17,19,23,28,32H,5,8-9,13-14H2,1H3/t19-,23-,28?. The van der Waals surface area contributed by atoms with Gasteiger partial charge in [-0.3, -0.25) is 0 Å². The Kier molecular flexibility index (Phi) is 5.97. The molecule has 5 nitrogen and oxygen atoms in total. The largest absolute Gasteiger partial charge is 0.334 e. The molecule has 0 saturated heterocycles. The highest BCUT2D eigenvalue weighted by Gasteiger charge is 2.32. The van der Waals surface area contributed by atoms with Crippen LogP contribution in [0.15, 0.2) is 65.2 Å². The van der Waals surface area contributed by atoms with Gasteiger partial charge in [0.15, 0.2) is 0 Å². The second-order valence-electron chi connectivity index (χ2n) is 10.0. The normalized spacial score (nSPS) is 21.0. The molecule has 1 N–H and O–H groups in total. The third kappa shape index (κ3) is 4.26. The van der Waals surface area contributed by atoms with Crippen molar-refractivity contribution in [2.75, 3.05) is 0 Å². The first-order valence-corrected chi connectivity index (χ1v) is 12.6. The fourth-order valence-electron chi connectivity index (χ4n) is 5.54. The van der Waals surface area contributed by atoms with Crippen molar-refractivity contribution in [2.24, 2.45) is 5.92 Å². The number of carbonyl (C=O) groups is 1. The number of aromatic nitrogens is 2. The Morgan fingerprint density at radius 3 is 2.67 bits per heavy atom. The topological polar surface area (TPSA) is 68.0 Å². The molecule has 1 unspecified atom stereocenters. The van der Waals surface area contributed by atoms with Gasteiger partial charge in [-0.05, 0) is 85.0 Å². The van der Waals surface area contributed by atoms with Crippen LogP contribution in [-0.2, 0) is 11.2 Å². The zero-order valence-corrected chi connectivity index (χ0v) is 20.2. The predicted molar refractivity (Wildman–Crippen MR) is 137 cm³/mol. The van der Waals surface area contributed by atoms with E-state index in [1.807, 2.05) is 43.3 Å². The average Bonchev–Trinajstić information content (AvgIpc) is 3.37. The molecule has 3 aromatic carbocycles. The van der Waals surface area contributed by atoms with Gasteiger partial charge < -0.3 is 14.6 Å².